The number of piperidine rings is 1. The van der Waals surface area contributed by atoms with E-state index in [0.717, 1.165) is 38.1 Å². The number of amides is 1. The Hall–Kier alpha value is -0.570. The van der Waals surface area contributed by atoms with Crippen molar-refractivity contribution in [3.05, 3.63) is 0 Å². The quantitative estimate of drug-likeness (QED) is 0.835. The van der Waals surface area contributed by atoms with Gasteiger partial charge in [-0.1, -0.05) is 39.0 Å². The zero-order chi connectivity index (χ0) is 13.7. The van der Waals surface area contributed by atoms with Crippen LogP contribution in [0.2, 0.25) is 0 Å². The lowest BCUT2D eigenvalue weighted by molar-refractivity contribution is -0.140. The lowest BCUT2D eigenvalue weighted by Gasteiger charge is -2.40. The molecule has 1 heterocycles. The zero-order valence-electron chi connectivity index (χ0n) is 12.4. The van der Waals surface area contributed by atoms with E-state index in [1.54, 1.807) is 0 Å². The molecule has 19 heavy (non-hydrogen) atoms. The molecular weight excluding hydrogens is 236 g/mol. The van der Waals surface area contributed by atoms with E-state index < -0.39 is 0 Å². The van der Waals surface area contributed by atoms with Crippen molar-refractivity contribution in [1.82, 2.24) is 4.90 Å². The van der Waals surface area contributed by atoms with E-state index in [4.69, 9.17) is 5.73 Å². The highest BCUT2D eigenvalue weighted by Crippen LogP contribution is 2.28. The smallest absolute Gasteiger partial charge is 0.225 e. The molecule has 2 unspecified atom stereocenters. The second-order valence-electron chi connectivity index (χ2n) is 6.59. The van der Waals surface area contributed by atoms with Gasteiger partial charge in [-0.2, -0.15) is 0 Å². The van der Waals surface area contributed by atoms with Crippen LogP contribution in [0.1, 0.15) is 64.7 Å². The lowest BCUT2D eigenvalue weighted by atomic mass is 9.87. The number of carbonyl (C=O) groups excluding carboxylic acids is 1. The van der Waals surface area contributed by atoms with Crippen molar-refractivity contribution in [2.75, 3.05) is 13.1 Å². The Morgan fingerprint density at radius 1 is 1.11 bits per heavy atom. The van der Waals surface area contributed by atoms with Crippen LogP contribution in [0.3, 0.4) is 0 Å². The molecular formula is C16H30N2O. The summed E-state index contributed by atoms with van der Waals surface area (Å²) in [4.78, 5) is 14.9. The summed E-state index contributed by atoms with van der Waals surface area (Å²) >= 11 is 0. The average Bonchev–Trinajstić information content (AvgIpc) is 2.37. The molecule has 2 atom stereocenters. The fourth-order valence-electron chi connectivity index (χ4n) is 3.70. The van der Waals surface area contributed by atoms with Gasteiger partial charge in [-0.05, 0) is 31.6 Å². The van der Waals surface area contributed by atoms with E-state index in [1.807, 2.05) is 0 Å². The molecule has 2 N–H and O–H groups in total. The minimum atomic E-state index is 0.280. The van der Waals surface area contributed by atoms with Crippen molar-refractivity contribution in [2.45, 2.75) is 70.8 Å². The van der Waals surface area contributed by atoms with Crippen molar-refractivity contribution < 1.29 is 4.79 Å². The third kappa shape index (κ3) is 3.95. The van der Waals surface area contributed by atoms with Crippen molar-refractivity contribution in [1.29, 1.82) is 0 Å². The summed E-state index contributed by atoms with van der Waals surface area (Å²) in [5.41, 5.74) is 5.89. The van der Waals surface area contributed by atoms with Crippen LogP contribution in [0, 0.1) is 11.8 Å². The molecule has 0 aromatic rings. The number of nitrogens with zero attached hydrogens (tertiary/aromatic N) is 1. The van der Waals surface area contributed by atoms with Crippen LogP contribution in [-0.2, 0) is 4.79 Å². The molecule has 0 aromatic heterocycles. The minimum Gasteiger partial charge on any atom is -0.338 e. The summed E-state index contributed by atoms with van der Waals surface area (Å²) in [5, 5.41) is 0. The Balaban J connectivity index is 1.96. The fourth-order valence-corrected chi connectivity index (χ4v) is 3.70. The number of carbonyl (C=O) groups is 1. The number of hydrogen-bond donors (Lipinski definition) is 1. The maximum absolute atomic E-state index is 12.8. The normalized spacial score (nSPS) is 30.7. The van der Waals surface area contributed by atoms with Crippen LogP contribution in [-0.4, -0.2) is 29.9 Å². The van der Waals surface area contributed by atoms with E-state index in [-0.39, 0.29) is 5.92 Å². The highest BCUT2D eigenvalue weighted by Gasteiger charge is 2.32. The molecule has 0 bridgehead atoms. The second kappa shape index (κ2) is 7.28. The van der Waals surface area contributed by atoms with Gasteiger partial charge in [0.1, 0.15) is 0 Å². The minimum absolute atomic E-state index is 0.280. The summed E-state index contributed by atoms with van der Waals surface area (Å²) in [7, 11) is 0. The predicted octanol–water partition coefficient (Wildman–Crippen LogP) is 2.93. The molecule has 1 aliphatic heterocycles. The molecule has 2 aliphatic rings. The SMILES string of the molecule is CC1CCN(C(=O)C2CCCCCCC2)C(CN)C1. The number of nitrogens with two attached hydrogens (primary N) is 1. The van der Waals surface area contributed by atoms with Gasteiger partial charge in [-0.3, -0.25) is 4.79 Å². The van der Waals surface area contributed by atoms with E-state index in [2.05, 4.69) is 11.8 Å². The Labute approximate surface area is 117 Å². The first-order valence-electron chi connectivity index (χ1n) is 8.23. The van der Waals surface area contributed by atoms with Crippen LogP contribution < -0.4 is 5.73 Å². The molecule has 0 aromatic carbocycles. The lowest BCUT2D eigenvalue weighted by Crippen LogP contribution is -2.51. The van der Waals surface area contributed by atoms with Gasteiger partial charge in [0, 0.05) is 25.0 Å². The summed E-state index contributed by atoms with van der Waals surface area (Å²) < 4.78 is 0. The van der Waals surface area contributed by atoms with Crippen molar-refractivity contribution in [3.63, 3.8) is 0 Å². The van der Waals surface area contributed by atoms with E-state index >= 15 is 0 Å². The van der Waals surface area contributed by atoms with Gasteiger partial charge in [0.25, 0.3) is 0 Å². The van der Waals surface area contributed by atoms with Crippen molar-refractivity contribution in [2.24, 2.45) is 17.6 Å². The molecule has 0 spiro atoms. The maximum Gasteiger partial charge on any atom is 0.225 e. The standard InChI is InChI=1S/C16H30N2O/c1-13-9-10-18(15(11-13)12-17)16(19)14-7-5-3-2-4-6-8-14/h13-15H,2-12,17H2,1H3. The summed E-state index contributed by atoms with van der Waals surface area (Å²) in [6.07, 6.45) is 10.9. The van der Waals surface area contributed by atoms with Gasteiger partial charge >= 0.3 is 0 Å². The van der Waals surface area contributed by atoms with E-state index in [1.165, 1.54) is 32.1 Å². The van der Waals surface area contributed by atoms with E-state index in [9.17, 15) is 4.79 Å². The monoisotopic (exact) mass is 266 g/mol. The second-order valence-corrected chi connectivity index (χ2v) is 6.59. The van der Waals surface area contributed by atoms with Gasteiger partial charge < -0.3 is 10.6 Å². The number of likely N-dealkylation sites (tertiary alicyclic amines) is 1. The van der Waals surface area contributed by atoms with Crippen LogP contribution in [0.25, 0.3) is 0 Å². The van der Waals surface area contributed by atoms with Crippen LogP contribution in [0.4, 0.5) is 0 Å². The molecule has 1 saturated carbocycles. The molecule has 1 amide bonds. The molecule has 3 nitrogen and oxygen atoms in total. The number of rotatable bonds is 2. The third-order valence-electron chi connectivity index (χ3n) is 4.99. The summed E-state index contributed by atoms with van der Waals surface area (Å²) in [6.45, 7) is 3.83. The van der Waals surface area contributed by atoms with Crippen molar-refractivity contribution >= 4 is 5.91 Å². The molecule has 1 aliphatic carbocycles. The maximum atomic E-state index is 12.8. The van der Waals surface area contributed by atoms with Gasteiger partial charge in [0.15, 0.2) is 0 Å². The Morgan fingerprint density at radius 2 is 1.74 bits per heavy atom. The molecule has 3 heteroatoms. The Bertz CT molecular complexity index is 284. The van der Waals surface area contributed by atoms with E-state index in [0.29, 0.717) is 18.5 Å². The first-order chi connectivity index (χ1) is 9.22. The fraction of sp³-hybridized carbons (Fsp3) is 0.938. The van der Waals surface area contributed by atoms with Gasteiger partial charge in [-0.25, -0.2) is 0 Å². The molecule has 2 rings (SSSR count). The van der Waals surface area contributed by atoms with Crippen LogP contribution in [0.15, 0.2) is 0 Å². The zero-order valence-corrected chi connectivity index (χ0v) is 12.4. The molecule has 110 valence electrons. The first-order valence-corrected chi connectivity index (χ1v) is 8.23. The van der Waals surface area contributed by atoms with Crippen LogP contribution in [0.5, 0.6) is 0 Å². The molecule has 2 fully saturated rings. The average molecular weight is 266 g/mol. The Kier molecular flexibility index (Phi) is 5.68. The highest BCUT2D eigenvalue weighted by atomic mass is 16.2. The van der Waals surface area contributed by atoms with Gasteiger partial charge in [0.05, 0.1) is 0 Å². The largest absolute Gasteiger partial charge is 0.338 e. The van der Waals surface area contributed by atoms with Gasteiger partial charge in [0.2, 0.25) is 5.91 Å². The van der Waals surface area contributed by atoms with Crippen molar-refractivity contribution in [3.8, 4) is 0 Å². The molecule has 1 saturated heterocycles. The van der Waals surface area contributed by atoms with Crippen LogP contribution >= 0.6 is 0 Å². The number of hydrogen-bond acceptors (Lipinski definition) is 2. The third-order valence-corrected chi connectivity index (χ3v) is 4.99. The summed E-state index contributed by atoms with van der Waals surface area (Å²) in [6, 6.07) is 0.293. The first kappa shape index (κ1) is 14.8. The highest BCUT2D eigenvalue weighted by molar-refractivity contribution is 5.79. The summed E-state index contributed by atoms with van der Waals surface area (Å²) in [5.74, 6) is 1.40. The molecule has 0 radical (unpaired) electrons. The predicted molar refractivity (Wildman–Crippen MR) is 78.8 cm³/mol. The van der Waals surface area contributed by atoms with Gasteiger partial charge in [-0.15, -0.1) is 0 Å². The Morgan fingerprint density at radius 3 is 2.37 bits per heavy atom. The topological polar surface area (TPSA) is 46.3 Å².